The maximum absolute atomic E-state index is 12.6. The van der Waals surface area contributed by atoms with Crippen LogP contribution in [0.4, 0.5) is 0 Å². The molecule has 8 heteroatoms. The van der Waals surface area contributed by atoms with Crippen LogP contribution in [0.3, 0.4) is 0 Å². The summed E-state index contributed by atoms with van der Waals surface area (Å²) in [5.41, 5.74) is 0. The van der Waals surface area contributed by atoms with Crippen molar-refractivity contribution in [2.75, 3.05) is 26.9 Å². The zero-order valence-electron chi connectivity index (χ0n) is 14.2. The van der Waals surface area contributed by atoms with Gasteiger partial charge in [-0.15, -0.1) is 0 Å². The van der Waals surface area contributed by atoms with Gasteiger partial charge in [0.15, 0.2) is 23.3 Å². The van der Waals surface area contributed by atoms with Crippen molar-refractivity contribution in [2.24, 2.45) is 0 Å². The van der Waals surface area contributed by atoms with Crippen molar-refractivity contribution in [3.05, 3.63) is 47.9 Å². The number of furan rings is 1. The number of rotatable bonds is 6. The Hall–Kier alpha value is -3.00. The summed E-state index contributed by atoms with van der Waals surface area (Å²) in [4.78, 5) is 25.1. The van der Waals surface area contributed by atoms with Crippen LogP contribution in [-0.2, 0) is 16.1 Å². The summed E-state index contributed by atoms with van der Waals surface area (Å²) < 4.78 is 21.5. The van der Waals surface area contributed by atoms with E-state index in [1.165, 1.54) is 11.0 Å². The second kappa shape index (κ2) is 7.92. The van der Waals surface area contributed by atoms with Crippen molar-refractivity contribution in [3.63, 3.8) is 0 Å². The monoisotopic (exact) mass is 361 g/mol. The van der Waals surface area contributed by atoms with E-state index in [1.807, 2.05) is 12.1 Å². The molecule has 1 saturated heterocycles. The molecular formula is C18H19NO7. The number of carbonyl (C=O) groups excluding carboxylic acids is 1. The van der Waals surface area contributed by atoms with Crippen LogP contribution in [0.2, 0.25) is 0 Å². The highest BCUT2D eigenvalue weighted by molar-refractivity contribution is 5.94. The van der Waals surface area contributed by atoms with Gasteiger partial charge in [0.1, 0.15) is 12.4 Å². The number of nitrogens with zero attached hydrogens (tertiary/aromatic N) is 1. The first-order valence-electron chi connectivity index (χ1n) is 8.06. The number of para-hydroxylation sites is 2. The maximum Gasteiger partial charge on any atom is 0.328 e. The molecule has 0 aliphatic carbocycles. The third kappa shape index (κ3) is 3.80. The van der Waals surface area contributed by atoms with Gasteiger partial charge < -0.3 is 28.6 Å². The molecule has 26 heavy (non-hydrogen) atoms. The van der Waals surface area contributed by atoms with Gasteiger partial charge in [0.05, 0.1) is 20.3 Å². The summed E-state index contributed by atoms with van der Waals surface area (Å²) >= 11 is 0. The molecule has 1 atom stereocenters. The third-order valence-corrected chi connectivity index (χ3v) is 3.99. The molecule has 0 spiro atoms. The third-order valence-electron chi connectivity index (χ3n) is 3.99. The SMILES string of the molecule is COc1ccccc1OCc1ccc(C(=O)N2CCOCC2C(=O)O)o1. The Morgan fingerprint density at radius 1 is 1.23 bits per heavy atom. The van der Waals surface area contributed by atoms with Crippen molar-refractivity contribution in [3.8, 4) is 11.5 Å². The van der Waals surface area contributed by atoms with E-state index in [0.717, 1.165) is 0 Å². The first-order chi connectivity index (χ1) is 12.6. The molecule has 3 rings (SSSR count). The number of ether oxygens (including phenoxy) is 3. The van der Waals surface area contributed by atoms with E-state index in [4.69, 9.17) is 18.6 Å². The molecular weight excluding hydrogens is 342 g/mol. The van der Waals surface area contributed by atoms with Crippen molar-refractivity contribution >= 4 is 11.9 Å². The van der Waals surface area contributed by atoms with Gasteiger partial charge in [0.25, 0.3) is 5.91 Å². The van der Waals surface area contributed by atoms with E-state index in [0.29, 0.717) is 23.9 Å². The molecule has 1 aliphatic rings. The zero-order chi connectivity index (χ0) is 18.5. The van der Waals surface area contributed by atoms with Gasteiger partial charge in [-0.2, -0.15) is 0 Å². The molecule has 1 aromatic carbocycles. The van der Waals surface area contributed by atoms with Crippen molar-refractivity contribution in [2.45, 2.75) is 12.6 Å². The minimum atomic E-state index is -1.11. The van der Waals surface area contributed by atoms with Gasteiger partial charge in [-0.25, -0.2) is 4.79 Å². The number of carboxylic acid groups (broad SMARTS) is 1. The van der Waals surface area contributed by atoms with Crippen LogP contribution in [0.5, 0.6) is 11.5 Å². The molecule has 1 fully saturated rings. The van der Waals surface area contributed by atoms with Crippen LogP contribution >= 0.6 is 0 Å². The summed E-state index contributed by atoms with van der Waals surface area (Å²) in [6.45, 7) is 0.564. The molecule has 1 N–H and O–H groups in total. The molecule has 8 nitrogen and oxygen atoms in total. The number of amides is 1. The average molecular weight is 361 g/mol. The molecule has 0 bridgehead atoms. The largest absolute Gasteiger partial charge is 0.493 e. The van der Waals surface area contributed by atoms with Gasteiger partial charge in [0.2, 0.25) is 0 Å². The summed E-state index contributed by atoms with van der Waals surface area (Å²) in [7, 11) is 1.55. The molecule has 2 heterocycles. The molecule has 0 saturated carbocycles. The lowest BCUT2D eigenvalue weighted by molar-refractivity contribution is -0.147. The Morgan fingerprint density at radius 2 is 2.00 bits per heavy atom. The predicted molar refractivity (Wildman–Crippen MR) is 89.3 cm³/mol. The van der Waals surface area contributed by atoms with Crippen LogP contribution in [0.1, 0.15) is 16.3 Å². The minimum Gasteiger partial charge on any atom is -0.493 e. The second-order valence-corrected chi connectivity index (χ2v) is 5.63. The molecule has 138 valence electrons. The standard InChI is InChI=1S/C18H19NO7/c1-23-14-4-2-3-5-15(14)25-10-12-6-7-16(26-12)17(20)19-8-9-24-11-13(19)18(21)22/h2-7,13H,8-11H2,1H3,(H,21,22). The van der Waals surface area contributed by atoms with Gasteiger partial charge >= 0.3 is 5.97 Å². The van der Waals surface area contributed by atoms with Crippen LogP contribution < -0.4 is 9.47 Å². The Labute approximate surface area is 149 Å². The van der Waals surface area contributed by atoms with Gasteiger partial charge in [-0.1, -0.05) is 12.1 Å². The van der Waals surface area contributed by atoms with Gasteiger partial charge in [0, 0.05) is 6.54 Å². The number of morpholine rings is 1. The second-order valence-electron chi connectivity index (χ2n) is 5.63. The number of carbonyl (C=O) groups is 2. The van der Waals surface area contributed by atoms with E-state index in [-0.39, 0.29) is 25.5 Å². The zero-order valence-corrected chi connectivity index (χ0v) is 14.2. The number of hydrogen-bond donors (Lipinski definition) is 1. The fourth-order valence-electron chi connectivity index (χ4n) is 2.65. The van der Waals surface area contributed by atoms with E-state index in [9.17, 15) is 14.7 Å². The number of aliphatic carboxylic acids is 1. The van der Waals surface area contributed by atoms with Crippen molar-refractivity contribution < 1.29 is 33.3 Å². The van der Waals surface area contributed by atoms with Crippen LogP contribution in [0, 0.1) is 0 Å². The first kappa shape index (κ1) is 17.8. The molecule has 0 radical (unpaired) electrons. The molecule has 1 aliphatic heterocycles. The van der Waals surface area contributed by atoms with Crippen molar-refractivity contribution in [1.29, 1.82) is 0 Å². The van der Waals surface area contributed by atoms with Crippen LogP contribution in [0.25, 0.3) is 0 Å². The van der Waals surface area contributed by atoms with E-state index in [2.05, 4.69) is 0 Å². The highest BCUT2D eigenvalue weighted by atomic mass is 16.5. The quantitative estimate of drug-likeness (QED) is 0.837. The van der Waals surface area contributed by atoms with E-state index >= 15 is 0 Å². The van der Waals surface area contributed by atoms with Gasteiger partial charge in [-0.3, -0.25) is 4.79 Å². The smallest absolute Gasteiger partial charge is 0.328 e. The fourth-order valence-corrected chi connectivity index (χ4v) is 2.65. The fraction of sp³-hybridized carbons (Fsp3) is 0.333. The average Bonchev–Trinajstić information content (AvgIpc) is 3.15. The number of benzene rings is 1. The number of methoxy groups -OCH3 is 1. The first-order valence-corrected chi connectivity index (χ1v) is 8.06. The van der Waals surface area contributed by atoms with E-state index < -0.39 is 17.9 Å². The normalized spacial score (nSPS) is 17.0. The Morgan fingerprint density at radius 3 is 2.73 bits per heavy atom. The lowest BCUT2D eigenvalue weighted by atomic mass is 10.2. The summed E-state index contributed by atoms with van der Waals surface area (Å²) in [6, 6.07) is 9.30. The number of hydrogen-bond acceptors (Lipinski definition) is 6. The summed E-state index contributed by atoms with van der Waals surface area (Å²) in [5, 5.41) is 9.23. The van der Waals surface area contributed by atoms with Crippen LogP contribution in [0.15, 0.2) is 40.8 Å². The molecule has 2 aromatic rings. The Balaban J connectivity index is 1.67. The molecule has 1 unspecified atom stereocenters. The minimum absolute atomic E-state index is 0.0362. The summed E-state index contributed by atoms with van der Waals surface area (Å²) in [5.74, 6) is 0.0658. The summed E-state index contributed by atoms with van der Waals surface area (Å²) in [6.07, 6.45) is 0. The highest BCUT2D eigenvalue weighted by Crippen LogP contribution is 2.27. The van der Waals surface area contributed by atoms with Crippen molar-refractivity contribution in [1.82, 2.24) is 4.90 Å². The van der Waals surface area contributed by atoms with E-state index in [1.54, 1.807) is 25.3 Å². The molecule has 1 amide bonds. The Kier molecular flexibility index (Phi) is 5.43. The maximum atomic E-state index is 12.6. The lowest BCUT2D eigenvalue weighted by Crippen LogP contribution is -2.52. The Bertz CT molecular complexity index is 785. The highest BCUT2D eigenvalue weighted by Gasteiger charge is 2.34. The van der Waals surface area contributed by atoms with Crippen LogP contribution in [-0.4, -0.2) is 54.8 Å². The number of carboxylic acids is 1. The molecule has 1 aromatic heterocycles. The lowest BCUT2D eigenvalue weighted by Gasteiger charge is -2.32. The van der Waals surface area contributed by atoms with Gasteiger partial charge in [-0.05, 0) is 24.3 Å². The predicted octanol–water partition coefficient (Wildman–Crippen LogP) is 1.79. The topological polar surface area (TPSA) is 98.4 Å².